The van der Waals surface area contributed by atoms with Gasteiger partial charge in [0.25, 0.3) is 0 Å². The minimum Gasteiger partial charge on any atom is -0.383 e. The summed E-state index contributed by atoms with van der Waals surface area (Å²) in [6.07, 6.45) is 0.853. The van der Waals surface area contributed by atoms with Crippen LogP contribution >= 0.6 is 0 Å². The van der Waals surface area contributed by atoms with Gasteiger partial charge in [0.2, 0.25) is 11.8 Å². The van der Waals surface area contributed by atoms with E-state index in [1.807, 2.05) is 0 Å². The second kappa shape index (κ2) is 8.18. The molecule has 1 fully saturated rings. The summed E-state index contributed by atoms with van der Waals surface area (Å²) in [5.74, 6) is 0.00787. The molecule has 1 aliphatic rings. The van der Waals surface area contributed by atoms with Crippen molar-refractivity contribution < 1.29 is 14.3 Å². The van der Waals surface area contributed by atoms with Crippen LogP contribution in [-0.2, 0) is 14.3 Å². The lowest BCUT2D eigenvalue weighted by Gasteiger charge is -2.24. The molecule has 0 saturated carbocycles. The van der Waals surface area contributed by atoms with Crippen molar-refractivity contribution in [3.05, 3.63) is 0 Å². The van der Waals surface area contributed by atoms with E-state index in [1.165, 1.54) is 7.11 Å². The molecule has 0 aliphatic carbocycles. The predicted molar refractivity (Wildman–Crippen MR) is 76.2 cm³/mol. The Hall–Kier alpha value is -1.18. The zero-order valence-electron chi connectivity index (χ0n) is 12.7. The summed E-state index contributed by atoms with van der Waals surface area (Å²) in [6, 6.07) is -0.602. The molecular formula is C13H26N4O3. The Kier molecular flexibility index (Phi) is 6.90. The summed E-state index contributed by atoms with van der Waals surface area (Å²) in [5.41, 5.74) is 5.77. The van der Waals surface area contributed by atoms with E-state index in [0.29, 0.717) is 26.2 Å². The van der Waals surface area contributed by atoms with Crippen LogP contribution in [0.15, 0.2) is 0 Å². The van der Waals surface area contributed by atoms with Crippen molar-refractivity contribution in [3.8, 4) is 0 Å². The summed E-state index contributed by atoms with van der Waals surface area (Å²) >= 11 is 0. The van der Waals surface area contributed by atoms with Gasteiger partial charge in [0.1, 0.15) is 6.04 Å². The molecule has 2 amide bonds. The molecule has 0 aromatic rings. The Morgan fingerprint density at radius 1 is 1.25 bits per heavy atom. The molecule has 0 spiro atoms. The molecule has 2 N–H and O–H groups in total. The number of carbonyl (C=O) groups is 2. The van der Waals surface area contributed by atoms with Crippen molar-refractivity contribution in [1.29, 1.82) is 0 Å². The van der Waals surface area contributed by atoms with Gasteiger partial charge in [0.05, 0.1) is 13.2 Å². The van der Waals surface area contributed by atoms with Crippen molar-refractivity contribution in [3.63, 3.8) is 0 Å². The monoisotopic (exact) mass is 286 g/mol. The molecule has 0 bridgehead atoms. The zero-order chi connectivity index (χ0) is 15.1. The number of amides is 2. The summed E-state index contributed by atoms with van der Waals surface area (Å²) in [6.45, 7) is 3.45. The molecule has 20 heavy (non-hydrogen) atoms. The van der Waals surface area contributed by atoms with Gasteiger partial charge in [-0.2, -0.15) is 0 Å². The van der Waals surface area contributed by atoms with Crippen LogP contribution in [0, 0.1) is 0 Å². The molecule has 0 aromatic heterocycles. The number of ether oxygens (including phenoxy) is 1. The third-order valence-electron chi connectivity index (χ3n) is 3.42. The van der Waals surface area contributed by atoms with Gasteiger partial charge < -0.3 is 20.3 Å². The number of nitrogens with two attached hydrogens (primary N) is 1. The number of methoxy groups -OCH3 is 1. The minimum absolute atomic E-state index is 0.0763. The molecule has 1 heterocycles. The normalized spacial score (nSPS) is 18.5. The van der Waals surface area contributed by atoms with E-state index in [-0.39, 0.29) is 18.4 Å². The van der Waals surface area contributed by atoms with Crippen molar-refractivity contribution >= 4 is 11.8 Å². The maximum Gasteiger partial charge on any atom is 0.241 e. The van der Waals surface area contributed by atoms with Gasteiger partial charge in [-0.15, -0.1) is 0 Å². The van der Waals surface area contributed by atoms with Crippen molar-refractivity contribution in [2.24, 2.45) is 5.73 Å². The Morgan fingerprint density at radius 2 is 1.95 bits per heavy atom. The average Bonchev–Trinajstić information content (AvgIpc) is 2.63. The van der Waals surface area contributed by atoms with E-state index in [2.05, 4.69) is 4.90 Å². The first-order valence-corrected chi connectivity index (χ1v) is 6.91. The van der Waals surface area contributed by atoms with Crippen LogP contribution in [0.2, 0.25) is 0 Å². The molecular weight excluding hydrogens is 260 g/mol. The number of nitrogens with zero attached hydrogens (tertiary/aromatic N) is 3. The first-order valence-electron chi connectivity index (χ1n) is 6.91. The van der Waals surface area contributed by atoms with Crippen molar-refractivity contribution in [1.82, 2.24) is 14.7 Å². The molecule has 1 atom stereocenters. The molecule has 0 aromatic carbocycles. The number of likely N-dealkylation sites (N-methyl/N-ethyl adjacent to an activating group) is 1. The fourth-order valence-corrected chi connectivity index (χ4v) is 2.17. The highest BCUT2D eigenvalue weighted by Gasteiger charge is 2.24. The molecule has 116 valence electrons. The van der Waals surface area contributed by atoms with Crippen LogP contribution in [-0.4, -0.2) is 93.1 Å². The smallest absolute Gasteiger partial charge is 0.241 e. The van der Waals surface area contributed by atoms with Gasteiger partial charge in [-0.05, 0) is 6.42 Å². The molecule has 7 nitrogen and oxygen atoms in total. The highest BCUT2D eigenvalue weighted by Crippen LogP contribution is 2.05. The molecule has 1 saturated heterocycles. The van der Waals surface area contributed by atoms with E-state index in [9.17, 15) is 9.59 Å². The first kappa shape index (κ1) is 16.9. The second-order valence-electron chi connectivity index (χ2n) is 5.30. The fraction of sp³-hybridized carbons (Fsp3) is 0.846. The molecule has 7 heteroatoms. The van der Waals surface area contributed by atoms with E-state index in [1.54, 1.807) is 23.9 Å². The quantitative estimate of drug-likeness (QED) is 0.671. The zero-order valence-corrected chi connectivity index (χ0v) is 12.7. The SMILES string of the molecule is COCC(N)C(=O)N1CCCN(CC(=O)N(C)C)CC1. The maximum absolute atomic E-state index is 12.1. The van der Waals surface area contributed by atoms with Crippen LogP contribution < -0.4 is 5.73 Å². The van der Waals surface area contributed by atoms with Crippen LogP contribution in [0.5, 0.6) is 0 Å². The third-order valence-corrected chi connectivity index (χ3v) is 3.42. The topological polar surface area (TPSA) is 79.1 Å². The van der Waals surface area contributed by atoms with Crippen molar-refractivity contribution in [2.75, 3.05) is 60.5 Å². The van der Waals surface area contributed by atoms with Gasteiger partial charge in [-0.25, -0.2) is 0 Å². The molecule has 1 rings (SSSR count). The summed E-state index contributed by atoms with van der Waals surface area (Å²) in [7, 11) is 5.03. The third kappa shape index (κ3) is 5.07. The van der Waals surface area contributed by atoms with E-state index < -0.39 is 6.04 Å². The second-order valence-corrected chi connectivity index (χ2v) is 5.30. The van der Waals surface area contributed by atoms with Crippen LogP contribution in [0.4, 0.5) is 0 Å². The Bertz CT molecular complexity index is 336. The Labute approximate surface area is 120 Å². The van der Waals surface area contributed by atoms with Gasteiger partial charge in [0, 0.05) is 47.4 Å². The number of carbonyl (C=O) groups excluding carboxylic acids is 2. The highest BCUT2D eigenvalue weighted by molar-refractivity contribution is 5.82. The lowest BCUT2D eigenvalue weighted by atomic mass is 10.2. The van der Waals surface area contributed by atoms with E-state index in [0.717, 1.165) is 13.0 Å². The predicted octanol–water partition coefficient (Wildman–Crippen LogP) is -1.42. The summed E-state index contributed by atoms with van der Waals surface area (Å²) in [4.78, 5) is 29.2. The van der Waals surface area contributed by atoms with Gasteiger partial charge in [-0.1, -0.05) is 0 Å². The van der Waals surface area contributed by atoms with Gasteiger partial charge in [0.15, 0.2) is 0 Å². The summed E-state index contributed by atoms with van der Waals surface area (Å²) in [5, 5.41) is 0. The standard InChI is InChI=1S/C13H26N4O3/c1-15(2)12(18)9-16-5-4-6-17(8-7-16)13(19)11(14)10-20-3/h11H,4-10,14H2,1-3H3. The van der Waals surface area contributed by atoms with E-state index >= 15 is 0 Å². The average molecular weight is 286 g/mol. The van der Waals surface area contributed by atoms with Crippen LogP contribution in [0.3, 0.4) is 0 Å². The minimum atomic E-state index is -0.602. The van der Waals surface area contributed by atoms with Crippen LogP contribution in [0.1, 0.15) is 6.42 Å². The number of rotatable bonds is 5. The summed E-state index contributed by atoms with van der Waals surface area (Å²) < 4.78 is 4.91. The van der Waals surface area contributed by atoms with Crippen molar-refractivity contribution in [2.45, 2.75) is 12.5 Å². The number of hydrogen-bond donors (Lipinski definition) is 1. The Morgan fingerprint density at radius 3 is 2.55 bits per heavy atom. The maximum atomic E-state index is 12.1. The fourth-order valence-electron chi connectivity index (χ4n) is 2.17. The van der Waals surface area contributed by atoms with E-state index in [4.69, 9.17) is 10.5 Å². The lowest BCUT2D eigenvalue weighted by Crippen LogP contribution is -2.47. The highest BCUT2D eigenvalue weighted by atomic mass is 16.5. The van der Waals surface area contributed by atoms with Gasteiger partial charge >= 0.3 is 0 Å². The first-order chi connectivity index (χ1) is 9.45. The van der Waals surface area contributed by atoms with Crippen LogP contribution in [0.25, 0.3) is 0 Å². The molecule has 1 unspecified atom stereocenters. The molecule has 0 radical (unpaired) electrons. The number of hydrogen-bond acceptors (Lipinski definition) is 5. The largest absolute Gasteiger partial charge is 0.383 e. The van der Waals surface area contributed by atoms with Gasteiger partial charge in [-0.3, -0.25) is 14.5 Å². The Balaban J connectivity index is 2.46. The lowest BCUT2D eigenvalue weighted by molar-refractivity contribution is -0.133. The molecule has 1 aliphatic heterocycles.